The molecule has 7 heteroatoms. The zero-order valence-corrected chi connectivity index (χ0v) is 22.5. The van der Waals surface area contributed by atoms with E-state index < -0.39 is 6.29 Å². The summed E-state index contributed by atoms with van der Waals surface area (Å²) < 4.78 is 13.1. The molecule has 0 bridgehead atoms. The third kappa shape index (κ3) is 7.73. The zero-order chi connectivity index (χ0) is 26.9. The number of aromatic nitrogens is 1. The Kier molecular flexibility index (Phi) is 9.72. The van der Waals surface area contributed by atoms with Crippen molar-refractivity contribution in [2.75, 3.05) is 19.6 Å². The van der Waals surface area contributed by atoms with Crippen molar-refractivity contribution in [3.63, 3.8) is 0 Å². The quantitative estimate of drug-likeness (QED) is 0.411. The van der Waals surface area contributed by atoms with Crippen LogP contribution in [0, 0.1) is 0 Å². The molecule has 3 aromatic rings. The minimum atomic E-state index is -0.472. The smallest absolute Gasteiger partial charge is 0.253 e. The van der Waals surface area contributed by atoms with Crippen LogP contribution in [0.4, 0.5) is 0 Å². The number of benzene rings is 2. The molecule has 39 heavy (non-hydrogen) atoms. The van der Waals surface area contributed by atoms with Gasteiger partial charge in [-0.1, -0.05) is 67.8 Å². The van der Waals surface area contributed by atoms with Crippen LogP contribution < -0.4 is 5.32 Å². The molecular weight excluding hydrogens is 490 g/mol. The van der Waals surface area contributed by atoms with Crippen molar-refractivity contribution in [1.29, 1.82) is 0 Å². The molecule has 5 rings (SSSR count). The van der Waals surface area contributed by atoms with E-state index in [0.29, 0.717) is 12.1 Å². The van der Waals surface area contributed by atoms with E-state index in [9.17, 15) is 9.90 Å². The number of carbonyl (C=O) groups excluding carboxylic acids is 1. The summed E-state index contributed by atoms with van der Waals surface area (Å²) in [7, 11) is 0. The molecule has 2 aliphatic heterocycles. The van der Waals surface area contributed by atoms with E-state index in [0.717, 1.165) is 48.3 Å². The summed E-state index contributed by atoms with van der Waals surface area (Å²) in [6.45, 7) is 3.62. The van der Waals surface area contributed by atoms with E-state index >= 15 is 0 Å². The van der Waals surface area contributed by atoms with Crippen LogP contribution in [0.25, 0.3) is 0 Å². The van der Waals surface area contributed by atoms with Crippen molar-refractivity contribution in [1.82, 2.24) is 15.2 Å². The van der Waals surface area contributed by atoms with E-state index in [1.165, 1.54) is 32.1 Å². The third-order valence-electron chi connectivity index (χ3n) is 7.65. The highest BCUT2D eigenvalue weighted by atomic mass is 16.7. The van der Waals surface area contributed by atoms with Crippen LogP contribution in [0.2, 0.25) is 0 Å². The molecule has 0 saturated carbocycles. The number of likely N-dealkylation sites (tertiary alicyclic amines) is 1. The normalized spacial score (nSPS) is 22.5. The van der Waals surface area contributed by atoms with Gasteiger partial charge in [0.05, 0.1) is 24.4 Å². The molecule has 2 aliphatic rings. The fourth-order valence-corrected chi connectivity index (χ4v) is 5.39. The maximum absolute atomic E-state index is 12.4. The van der Waals surface area contributed by atoms with Crippen LogP contribution in [-0.2, 0) is 22.6 Å². The van der Waals surface area contributed by atoms with Gasteiger partial charge in [0.1, 0.15) is 0 Å². The Hall–Kier alpha value is -3.10. The van der Waals surface area contributed by atoms with Crippen LogP contribution in [-0.4, -0.2) is 46.6 Å². The highest BCUT2D eigenvalue weighted by molar-refractivity contribution is 5.93. The van der Waals surface area contributed by atoms with Gasteiger partial charge in [-0.2, -0.15) is 0 Å². The molecule has 3 atom stereocenters. The number of hydrogen-bond acceptors (Lipinski definition) is 6. The SMILES string of the molecule is O=C(NCc1ccc([C@H]2O[C@@H](CN3CCCCCCC3)C[C@@H](c3ccc(CO)cc3)O2)cc1)c1cccnc1. The fraction of sp³-hybridized carbons (Fsp3) is 0.438. The monoisotopic (exact) mass is 529 g/mol. The fourth-order valence-electron chi connectivity index (χ4n) is 5.39. The predicted molar refractivity (Wildman–Crippen MR) is 150 cm³/mol. The summed E-state index contributed by atoms with van der Waals surface area (Å²) in [4.78, 5) is 18.9. The summed E-state index contributed by atoms with van der Waals surface area (Å²) >= 11 is 0. The number of amides is 1. The Balaban J connectivity index is 1.27. The molecule has 2 saturated heterocycles. The number of ether oxygens (including phenoxy) is 2. The van der Waals surface area contributed by atoms with Crippen molar-refractivity contribution in [2.24, 2.45) is 0 Å². The summed E-state index contributed by atoms with van der Waals surface area (Å²) in [5.74, 6) is -0.145. The van der Waals surface area contributed by atoms with Crippen LogP contribution in [0.15, 0.2) is 73.1 Å². The Morgan fingerprint density at radius 1 is 0.897 bits per heavy atom. The van der Waals surface area contributed by atoms with E-state index in [1.54, 1.807) is 24.5 Å². The Labute approximate surface area is 231 Å². The first kappa shape index (κ1) is 27.5. The van der Waals surface area contributed by atoms with Gasteiger partial charge in [0.2, 0.25) is 0 Å². The minimum absolute atomic E-state index is 0.0319. The number of aliphatic hydroxyl groups excluding tert-OH is 1. The number of nitrogens with zero attached hydrogens (tertiary/aromatic N) is 2. The van der Waals surface area contributed by atoms with Gasteiger partial charge in [-0.25, -0.2) is 0 Å². The van der Waals surface area contributed by atoms with Gasteiger partial charge in [-0.15, -0.1) is 0 Å². The number of aliphatic hydroxyl groups is 1. The molecule has 0 radical (unpaired) electrons. The molecule has 0 unspecified atom stereocenters. The van der Waals surface area contributed by atoms with Gasteiger partial charge in [-0.3, -0.25) is 9.78 Å². The van der Waals surface area contributed by atoms with Gasteiger partial charge < -0.3 is 24.8 Å². The van der Waals surface area contributed by atoms with Crippen molar-refractivity contribution >= 4 is 5.91 Å². The average Bonchev–Trinajstić information content (AvgIpc) is 2.98. The van der Waals surface area contributed by atoms with Crippen LogP contribution in [0.3, 0.4) is 0 Å². The Morgan fingerprint density at radius 2 is 1.59 bits per heavy atom. The highest BCUT2D eigenvalue weighted by Crippen LogP contribution is 2.38. The van der Waals surface area contributed by atoms with Crippen LogP contribution >= 0.6 is 0 Å². The van der Waals surface area contributed by atoms with Crippen molar-refractivity contribution < 1.29 is 19.4 Å². The maximum Gasteiger partial charge on any atom is 0.253 e. The van der Waals surface area contributed by atoms with Crippen LogP contribution in [0.5, 0.6) is 0 Å². The summed E-state index contributed by atoms with van der Waals surface area (Å²) in [5.41, 5.74) is 4.51. The molecule has 3 heterocycles. The largest absolute Gasteiger partial charge is 0.392 e. The third-order valence-corrected chi connectivity index (χ3v) is 7.65. The van der Waals surface area contributed by atoms with E-state index in [1.807, 2.05) is 36.4 Å². The molecule has 2 fully saturated rings. The molecule has 1 amide bonds. The maximum atomic E-state index is 12.4. The average molecular weight is 530 g/mol. The van der Waals surface area contributed by atoms with Gasteiger partial charge in [0.25, 0.3) is 5.91 Å². The van der Waals surface area contributed by atoms with Gasteiger partial charge >= 0.3 is 0 Å². The second kappa shape index (κ2) is 13.8. The lowest BCUT2D eigenvalue weighted by molar-refractivity contribution is -0.253. The molecule has 1 aromatic heterocycles. The molecule has 0 spiro atoms. The lowest BCUT2D eigenvalue weighted by Crippen LogP contribution is -2.40. The lowest BCUT2D eigenvalue weighted by Gasteiger charge is -2.38. The van der Waals surface area contributed by atoms with Crippen molar-refractivity contribution in [2.45, 2.75) is 70.2 Å². The number of hydrogen-bond donors (Lipinski definition) is 2. The summed E-state index contributed by atoms with van der Waals surface area (Å²) in [6, 6.07) is 19.6. The lowest BCUT2D eigenvalue weighted by atomic mass is 9.99. The van der Waals surface area contributed by atoms with E-state index in [4.69, 9.17) is 9.47 Å². The molecule has 2 N–H and O–H groups in total. The topological polar surface area (TPSA) is 83.9 Å². The summed E-state index contributed by atoms with van der Waals surface area (Å²) in [5, 5.41) is 12.4. The first-order valence-electron chi connectivity index (χ1n) is 14.2. The Bertz CT molecular complexity index is 1160. The second-order valence-corrected chi connectivity index (χ2v) is 10.6. The van der Waals surface area contributed by atoms with Gasteiger partial charge in [0, 0.05) is 37.5 Å². The first-order chi connectivity index (χ1) is 19.2. The minimum Gasteiger partial charge on any atom is -0.392 e. The van der Waals surface area contributed by atoms with Gasteiger partial charge in [0.15, 0.2) is 6.29 Å². The molecule has 2 aromatic carbocycles. The standard InChI is InChI=1S/C32H39N3O4/c36-23-25-10-12-26(13-11-25)30-19-29(22-35-17-4-2-1-3-5-18-35)38-32(39-30)27-14-8-24(9-15-27)20-34-31(37)28-7-6-16-33-21-28/h6-16,21,29-30,32,36H,1-5,17-20,22-23H2,(H,34,37)/t29-,30+,32+/m1/s1. The Morgan fingerprint density at radius 3 is 2.28 bits per heavy atom. The van der Waals surface area contributed by atoms with Crippen molar-refractivity contribution in [3.05, 3.63) is 101 Å². The molecular formula is C32H39N3O4. The number of carbonyl (C=O) groups is 1. The predicted octanol–water partition coefficient (Wildman–Crippen LogP) is 5.32. The van der Waals surface area contributed by atoms with Crippen molar-refractivity contribution in [3.8, 4) is 0 Å². The number of rotatable bonds is 8. The summed E-state index contributed by atoms with van der Waals surface area (Å²) in [6.07, 6.45) is 9.97. The van der Waals surface area contributed by atoms with Gasteiger partial charge in [-0.05, 0) is 54.8 Å². The number of nitrogens with one attached hydrogen (secondary N) is 1. The van der Waals surface area contributed by atoms with E-state index in [2.05, 4.69) is 27.3 Å². The van der Waals surface area contributed by atoms with Crippen LogP contribution in [0.1, 0.15) is 83.5 Å². The molecule has 7 nitrogen and oxygen atoms in total. The first-order valence-corrected chi connectivity index (χ1v) is 14.2. The molecule has 0 aliphatic carbocycles. The second-order valence-electron chi connectivity index (χ2n) is 10.6. The zero-order valence-electron chi connectivity index (χ0n) is 22.5. The van der Waals surface area contributed by atoms with E-state index in [-0.39, 0.29) is 24.7 Å². The molecule has 206 valence electrons. The highest BCUT2D eigenvalue weighted by Gasteiger charge is 2.33. The number of pyridine rings is 1.